The zero-order chi connectivity index (χ0) is 9.42. The molecule has 0 fully saturated rings. The van der Waals surface area contributed by atoms with Gasteiger partial charge < -0.3 is 5.32 Å². The summed E-state index contributed by atoms with van der Waals surface area (Å²) in [4.78, 5) is 0. The predicted octanol–water partition coefficient (Wildman–Crippen LogP) is 2.62. The SMILES string of the molecule is CC1Cc2c(ccc(F)c2Br)CN1. The van der Waals surface area contributed by atoms with Gasteiger partial charge in [-0.3, -0.25) is 0 Å². The van der Waals surface area contributed by atoms with E-state index in [1.807, 2.05) is 6.07 Å². The van der Waals surface area contributed by atoms with Crippen LogP contribution in [0.3, 0.4) is 0 Å². The first-order chi connectivity index (χ1) is 6.18. The van der Waals surface area contributed by atoms with Crippen molar-refractivity contribution < 1.29 is 4.39 Å². The average molecular weight is 244 g/mol. The molecule has 2 rings (SSSR count). The van der Waals surface area contributed by atoms with Crippen LogP contribution in [0.15, 0.2) is 16.6 Å². The summed E-state index contributed by atoms with van der Waals surface area (Å²) in [6, 6.07) is 3.81. The average Bonchev–Trinajstić information content (AvgIpc) is 2.12. The lowest BCUT2D eigenvalue weighted by Crippen LogP contribution is -2.33. The molecule has 1 aromatic rings. The second kappa shape index (κ2) is 3.39. The first-order valence-electron chi connectivity index (χ1n) is 4.37. The van der Waals surface area contributed by atoms with Gasteiger partial charge in [-0.15, -0.1) is 0 Å². The number of rotatable bonds is 0. The largest absolute Gasteiger partial charge is 0.310 e. The van der Waals surface area contributed by atoms with Gasteiger partial charge in [0.05, 0.1) is 4.47 Å². The second-order valence-corrected chi connectivity index (χ2v) is 4.28. The highest BCUT2D eigenvalue weighted by molar-refractivity contribution is 9.10. The third kappa shape index (κ3) is 1.63. The Labute approximate surface area is 85.5 Å². The normalized spacial score (nSPS) is 21.3. The lowest BCUT2D eigenvalue weighted by molar-refractivity contribution is 0.507. The maximum atomic E-state index is 13.2. The molecule has 0 bridgehead atoms. The van der Waals surface area contributed by atoms with E-state index in [0.29, 0.717) is 10.5 Å². The fourth-order valence-electron chi connectivity index (χ4n) is 1.68. The zero-order valence-corrected chi connectivity index (χ0v) is 8.99. The Hall–Kier alpha value is -0.410. The van der Waals surface area contributed by atoms with Crippen molar-refractivity contribution in [3.63, 3.8) is 0 Å². The molecule has 0 amide bonds. The summed E-state index contributed by atoms with van der Waals surface area (Å²) in [6.07, 6.45) is 0.897. The Bertz CT molecular complexity index is 338. The van der Waals surface area contributed by atoms with Gasteiger partial charge >= 0.3 is 0 Å². The molecule has 0 saturated carbocycles. The van der Waals surface area contributed by atoms with Gasteiger partial charge in [0.1, 0.15) is 5.82 Å². The van der Waals surface area contributed by atoms with E-state index in [0.717, 1.165) is 18.5 Å². The molecule has 1 nitrogen and oxygen atoms in total. The van der Waals surface area contributed by atoms with Gasteiger partial charge in [-0.1, -0.05) is 6.07 Å². The van der Waals surface area contributed by atoms with Crippen molar-refractivity contribution in [3.05, 3.63) is 33.5 Å². The third-order valence-corrected chi connectivity index (χ3v) is 3.30. The highest BCUT2D eigenvalue weighted by Crippen LogP contribution is 2.27. The van der Waals surface area contributed by atoms with Crippen molar-refractivity contribution in [3.8, 4) is 0 Å². The van der Waals surface area contributed by atoms with E-state index in [2.05, 4.69) is 28.2 Å². The van der Waals surface area contributed by atoms with E-state index in [9.17, 15) is 4.39 Å². The zero-order valence-electron chi connectivity index (χ0n) is 7.40. The highest BCUT2D eigenvalue weighted by atomic mass is 79.9. The lowest BCUT2D eigenvalue weighted by atomic mass is 9.97. The molecule has 1 aromatic carbocycles. The molecule has 0 spiro atoms. The van der Waals surface area contributed by atoms with Gasteiger partial charge in [-0.25, -0.2) is 4.39 Å². The second-order valence-electron chi connectivity index (χ2n) is 3.49. The molecular weight excluding hydrogens is 233 g/mol. The maximum Gasteiger partial charge on any atom is 0.137 e. The topological polar surface area (TPSA) is 12.0 Å². The number of hydrogen-bond acceptors (Lipinski definition) is 1. The van der Waals surface area contributed by atoms with Crippen molar-refractivity contribution in [2.24, 2.45) is 0 Å². The summed E-state index contributed by atoms with van der Waals surface area (Å²) in [5, 5.41) is 3.34. The first-order valence-corrected chi connectivity index (χ1v) is 5.17. The third-order valence-electron chi connectivity index (χ3n) is 2.44. The van der Waals surface area contributed by atoms with Gasteiger partial charge in [0.15, 0.2) is 0 Å². The minimum Gasteiger partial charge on any atom is -0.310 e. The van der Waals surface area contributed by atoms with Crippen molar-refractivity contribution >= 4 is 15.9 Å². The maximum absolute atomic E-state index is 13.2. The fourth-order valence-corrected chi connectivity index (χ4v) is 2.23. The molecule has 0 radical (unpaired) electrons. The van der Waals surface area contributed by atoms with E-state index in [4.69, 9.17) is 0 Å². The Balaban J connectivity index is 2.48. The van der Waals surface area contributed by atoms with Crippen LogP contribution in [0.4, 0.5) is 4.39 Å². The van der Waals surface area contributed by atoms with Crippen LogP contribution in [0.5, 0.6) is 0 Å². The minimum absolute atomic E-state index is 0.159. The molecule has 1 N–H and O–H groups in total. The van der Waals surface area contributed by atoms with Crippen LogP contribution in [0.25, 0.3) is 0 Å². The molecule has 1 unspecified atom stereocenters. The quantitative estimate of drug-likeness (QED) is 0.739. The number of hydrogen-bond donors (Lipinski definition) is 1. The molecule has 70 valence electrons. The van der Waals surface area contributed by atoms with Crippen LogP contribution in [-0.4, -0.2) is 6.04 Å². The molecule has 1 heterocycles. The van der Waals surface area contributed by atoms with Crippen LogP contribution in [-0.2, 0) is 13.0 Å². The monoisotopic (exact) mass is 243 g/mol. The van der Waals surface area contributed by atoms with Gasteiger partial charge in [0.25, 0.3) is 0 Å². The molecular formula is C10H11BrFN. The van der Waals surface area contributed by atoms with Crippen LogP contribution < -0.4 is 5.32 Å². The van der Waals surface area contributed by atoms with Crippen molar-refractivity contribution in [2.75, 3.05) is 0 Å². The minimum atomic E-state index is -0.159. The van der Waals surface area contributed by atoms with Crippen molar-refractivity contribution in [1.29, 1.82) is 0 Å². The molecule has 3 heteroatoms. The summed E-state index contributed by atoms with van der Waals surface area (Å²) >= 11 is 3.29. The smallest absolute Gasteiger partial charge is 0.137 e. The number of halogens is 2. The van der Waals surface area contributed by atoms with Crippen molar-refractivity contribution in [2.45, 2.75) is 25.9 Å². The van der Waals surface area contributed by atoms with E-state index in [1.54, 1.807) is 0 Å². The number of fused-ring (bicyclic) bond motifs is 1. The van der Waals surface area contributed by atoms with E-state index in [-0.39, 0.29) is 5.82 Å². The molecule has 1 atom stereocenters. The fraction of sp³-hybridized carbons (Fsp3) is 0.400. The van der Waals surface area contributed by atoms with Crippen LogP contribution in [0.2, 0.25) is 0 Å². The van der Waals surface area contributed by atoms with Crippen LogP contribution in [0.1, 0.15) is 18.1 Å². The lowest BCUT2D eigenvalue weighted by Gasteiger charge is -2.24. The highest BCUT2D eigenvalue weighted by Gasteiger charge is 2.18. The molecule has 0 aliphatic carbocycles. The molecule has 13 heavy (non-hydrogen) atoms. The van der Waals surface area contributed by atoms with Gasteiger partial charge in [-0.2, -0.15) is 0 Å². The number of nitrogens with one attached hydrogen (secondary N) is 1. The van der Waals surface area contributed by atoms with E-state index < -0.39 is 0 Å². The summed E-state index contributed by atoms with van der Waals surface area (Å²) in [6.45, 7) is 2.95. The van der Waals surface area contributed by atoms with Gasteiger partial charge in [0, 0.05) is 12.6 Å². The summed E-state index contributed by atoms with van der Waals surface area (Å²) in [7, 11) is 0. The van der Waals surface area contributed by atoms with Crippen LogP contribution >= 0.6 is 15.9 Å². The molecule has 0 saturated heterocycles. The van der Waals surface area contributed by atoms with E-state index in [1.165, 1.54) is 11.6 Å². The predicted molar refractivity (Wildman–Crippen MR) is 54.1 cm³/mol. The number of benzene rings is 1. The van der Waals surface area contributed by atoms with Crippen molar-refractivity contribution in [1.82, 2.24) is 5.32 Å². The summed E-state index contributed by atoms with van der Waals surface area (Å²) in [5.74, 6) is -0.159. The Morgan fingerprint density at radius 2 is 2.31 bits per heavy atom. The van der Waals surface area contributed by atoms with Crippen LogP contribution in [0, 0.1) is 5.82 Å². The standard InChI is InChI=1S/C10H11BrFN/c1-6-4-8-7(5-13-6)2-3-9(12)10(8)11/h2-3,6,13H,4-5H2,1H3. The van der Waals surface area contributed by atoms with Gasteiger partial charge in [-0.05, 0) is 46.5 Å². The Morgan fingerprint density at radius 1 is 1.54 bits per heavy atom. The van der Waals surface area contributed by atoms with E-state index >= 15 is 0 Å². The summed E-state index contributed by atoms with van der Waals surface area (Å²) < 4.78 is 13.8. The van der Waals surface area contributed by atoms with Gasteiger partial charge in [0.2, 0.25) is 0 Å². The molecule has 1 aliphatic heterocycles. The molecule has 1 aliphatic rings. The Kier molecular flexibility index (Phi) is 2.39. The Morgan fingerprint density at radius 3 is 3.08 bits per heavy atom. The first kappa shape index (κ1) is 9.16. The summed E-state index contributed by atoms with van der Waals surface area (Å²) in [5.41, 5.74) is 2.32. The molecule has 0 aromatic heterocycles.